The van der Waals surface area contributed by atoms with Crippen molar-refractivity contribution in [1.29, 1.82) is 5.26 Å². The van der Waals surface area contributed by atoms with Crippen molar-refractivity contribution >= 4 is 23.9 Å². The zero-order valence-corrected chi connectivity index (χ0v) is 19.6. The normalized spacial score (nSPS) is 15.0. The number of carbonyl (C=O) groups is 3. The number of hydrogen-bond acceptors (Lipinski definition) is 7. The highest BCUT2D eigenvalue weighted by Gasteiger charge is 2.35. The Morgan fingerprint density at radius 1 is 1.12 bits per heavy atom. The Labute approximate surface area is 194 Å². The molecule has 8 nitrogen and oxygen atoms in total. The molecule has 1 heterocycles. The molecule has 0 spiro atoms. The van der Waals surface area contributed by atoms with E-state index in [1.807, 2.05) is 6.07 Å². The zero-order chi connectivity index (χ0) is 24.4. The van der Waals surface area contributed by atoms with Gasteiger partial charge in [0.05, 0.1) is 20.3 Å². The molecular weight excluding hydrogens is 424 g/mol. The highest BCUT2D eigenvalue weighted by atomic mass is 16.5. The van der Waals surface area contributed by atoms with Gasteiger partial charge in [-0.3, -0.25) is 19.3 Å². The number of ether oxygens (including phenoxy) is 3. The summed E-state index contributed by atoms with van der Waals surface area (Å²) in [5, 5.41) is 9.47. The van der Waals surface area contributed by atoms with Crippen LogP contribution in [0, 0.1) is 11.3 Å². The van der Waals surface area contributed by atoms with Crippen LogP contribution in [0.3, 0.4) is 0 Å². The van der Waals surface area contributed by atoms with Crippen molar-refractivity contribution in [2.75, 3.05) is 26.9 Å². The molecule has 0 aliphatic carbocycles. The number of unbranched alkanes of at least 4 members (excludes halogenated alkanes) is 3. The Morgan fingerprint density at radius 2 is 1.88 bits per heavy atom. The maximum Gasteiger partial charge on any atom is 0.302 e. The van der Waals surface area contributed by atoms with Crippen LogP contribution in [0.25, 0.3) is 6.08 Å². The van der Waals surface area contributed by atoms with Gasteiger partial charge in [-0.05, 0) is 42.7 Å². The van der Waals surface area contributed by atoms with Crippen molar-refractivity contribution < 1.29 is 28.6 Å². The second-order valence-electron chi connectivity index (χ2n) is 7.59. The number of amides is 2. The fourth-order valence-electron chi connectivity index (χ4n) is 3.38. The Morgan fingerprint density at radius 3 is 2.52 bits per heavy atom. The number of esters is 1. The van der Waals surface area contributed by atoms with E-state index in [-0.39, 0.29) is 24.3 Å². The van der Waals surface area contributed by atoms with Gasteiger partial charge in [-0.2, -0.15) is 5.26 Å². The predicted molar refractivity (Wildman–Crippen MR) is 122 cm³/mol. The molecule has 2 rings (SSSR count). The van der Waals surface area contributed by atoms with Gasteiger partial charge in [0.25, 0.3) is 11.8 Å². The molecule has 1 aliphatic heterocycles. The van der Waals surface area contributed by atoms with E-state index in [2.05, 4.69) is 6.92 Å². The molecule has 2 amide bonds. The molecule has 0 unspecified atom stereocenters. The van der Waals surface area contributed by atoms with Crippen LogP contribution in [0.15, 0.2) is 34.9 Å². The second-order valence-corrected chi connectivity index (χ2v) is 7.59. The molecule has 33 heavy (non-hydrogen) atoms. The maximum absolute atomic E-state index is 13.0. The Balaban J connectivity index is 2.29. The molecule has 0 aromatic heterocycles. The average Bonchev–Trinajstić information content (AvgIpc) is 2.79. The standard InChI is InChI=1S/C25H30N2O6/c1-5-6-7-8-12-33-22-10-9-19(15-23(22)31-4)14-20-17(2)21(16-26)25(30)27(24(20)29)11-13-32-18(3)28/h9-10,14-15H,5-8,11-13H2,1-4H3/b20-14+. The summed E-state index contributed by atoms with van der Waals surface area (Å²) in [6, 6.07) is 7.17. The van der Waals surface area contributed by atoms with Crippen LogP contribution in [0.1, 0.15) is 52.0 Å². The van der Waals surface area contributed by atoms with Gasteiger partial charge in [0.1, 0.15) is 18.2 Å². The van der Waals surface area contributed by atoms with Gasteiger partial charge in [-0.15, -0.1) is 0 Å². The summed E-state index contributed by atoms with van der Waals surface area (Å²) < 4.78 is 16.1. The van der Waals surface area contributed by atoms with Gasteiger partial charge in [-0.1, -0.05) is 32.3 Å². The van der Waals surface area contributed by atoms with Crippen molar-refractivity contribution in [2.45, 2.75) is 46.5 Å². The summed E-state index contributed by atoms with van der Waals surface area (Å²) >= 11 is 0. The first-order valence-electron chi connectivity index (χ1n) is 11.0. The highest BCUT2D eigenvalue weighted by Crippen LogP contribution is 2.31. The van der Waals surface area contributed by atoms with Crippen LogP contribution in [-0.2, 0) is 19.1 Å². The molecule has 1 aliphatic rings. The quantitative estimate of drug-likeness (QED) is 0.217. The number of rotatable bonds is 11. The van der Waals surface area contributed by atoms with E-state index in [0.717, 1.165) is 24.2 Å². The Hall–Kier alpha value is -3.60. The third-order valence-corrected chi connectivity index (χ3v) is 5.20. The lowest BCUT2D eigenvalue weighted by Crippen LogP contribution is -2.44. The topological polar surface area (TPSA) is 106 Å². The third-order valence-electron chi connectivity index (χ3n) is 5.20. The largest absolute Gasteiger partial charge is 0.493 e. The lowest BCUT2D eigenvalue weighted by atomic mass is 9.93. The molecule has 0 N–H and O–H groups in total. The summed E-state index contributed by atoms with van der Waals surface area (Å²) in [6.45, 7) is 5.26. The van der Waals surface area contributed by atoms with E-state index in [0.29, 0.717) is 29.2 Å². The van der Waals surface area contributed by atoms with Crippen molar-refractivity contribution in [3.8, 4) is 17.6 Å². The van der Waals surface area contributed by atoms with Crippen LogP contribution < -0.4 is 9.47 Å². The number of nitriles is 1. The van der Waals surface area contributed by atoms with Gasteiger partial charge in [0.15, 0.2) is 11.5 Å². The summed E-state index contributed by atoms with van der Waals surface area (Å²) in [5.74, 6) is -0.649. The van der Waals surface area contributed by atoms with Gasteiger partial charge in [-0.25, -0.2) is 0 Å². The Kier molecular flexibility index (Phi) is 9.67. The first-order valence-corrected chi connectivity index (χ1v) is 11.0. The summed E-state index contributed by atoms with van der Waals surface area (Å²) in [7, 11) is 1.54. The number of nitrogens with zero attached hydrogens (tertiary/aromatic N) is 2. The summed E-state index contributed by atoms with van der Waals surface area (Å²) in [4.78, 5) is 37.6. The van der Waals surface area contributed by atoms with Crippen molar-refractivity contribution in [2.24, 2.45) is 0 Å². The lowest BCUT2D eigenvalue weighted by molar-refractivity contribution is -0.147. The van der Waals surface area contributed by atoms with Crippen molar-refractivity contribution in [3.63, 3.8) is 0 Å². The van der Waals surface area contributed by atoms with E-state index in [9.17, 15) is 19.6 Å². The molecule has 0 saturated carbocycles. The molecule has 1 aromatic rings. The van der Waals surface area contributed by atoms with E-state index < -0.39 is 17.8 Å². The van der Waals surface area contributed by atoms with Crippen LogP contribution in [0.2, 0.25) is 0 Å². The second kappa shape index (κ2) is 12.4. The zero-order valence-electron chi connectivity index (χ0n) is 19.6. The number of methoxy groups -OCH3 is 1. The number of imide groups is 1. The van der Waals surface area contributed by atoms with Crippen LogP contribution >= 0.6 is 0 Å². The van der Waals surface area contributed by atoms with Crippen LogP contribution in [0.5, 0.6) is 11.5 Å². The van der Waals surface area contributed by atoms with Gasteiger partial charge < -0.3 is 14.2 Å². The number of carbonyl (C=O) groups excluding carboxylic acids is 3. The maximum atomic E-state index is 13.0. The van der Waals surface area contributed by atoms with E-state index in [4.69, 9.17) is 14.2 Å². The monoisotopic (exact) mass is 454 g/mol. The fourth-order valence-corrected chi connectivity index (χ4v) is 3.38. The van der Waals surface area contributed by atoms with Crippen molar-refractivity contribution in [1.82, 2.24) is 4.90 Å². The molecule has 0 bridgehead atoms. The first kappa shape index (κ1) is 25.7. The molecule has 1 aromatic carbocycles. The van der Waals surface area contributed by atoms with Gasteiger partial charge in [0, 0.05) is 12.5 Å². The minimum absolute atomic E-state index is 0.123. The lowest BCUT2D eigenvalue weighted by Gasteiger charge is -2.27. The van der Waals surface area contributed by atoms with Gasteiger partial charge >= 0.3 is 5.97 Å². The molecule has 0 saturated heterocycles. The fraction of sp³-hybridized carbons (Fsp3) is 0.440. The van der Waals surface area contributed by atoms with E-state index >= 15 is 0 Å². The van der Waals surface area contributed by atoms with E-state index in [1.165, 1.54) is 20.5 Å². The smallest absolute Gasteiger partial charge is 0.302 e. The van der Waals surface area contributed by atoms with Gasteiger partial charge in [0.2, 0.25) is 0 Å². The number of benzene rings is 1. The van der Waals surface area contributed by atoms with Crippen LogP contribution in [-0.4, -0.2) is 49.6 Å². The molecule has 0 atom stereocenters. The molecular formula is C25H30N2O6. The average molecular weight is 455 g/mol. The molecule has 0 radical (unpaired) electrons. The summed E-state index contributed by atoms with van der Waals surface area (Å²) in [6.07, 6.45) is 5.98. The summed E-state index contributed by atoms with van der Waals surface area (Å²) in [5.41, 5.74) is 1.04. The van der Waals surface area contributed by atoms with Crippen molar-refractivity contribution in [3.05, 3.63) is 40.5 Å². The van der Waals surface area contributed by atoms with Crippen LogP contribution in [0.4, 0.5) is 0 Å². The molecule has 8 heteroatoms. The molecule has 0 fully saturated rings. The minimum Gasteiger partial charge on any atom is -0.493 e. The predicted octanol–water partition coefficient (Wildman–Crippen LogP) is 3.81. The number of hydrogen-bond donors (Lipinski definition) is 0. The molecule has 176 valence electrons. The SMILES string of the molecule is CCCCCCOc1ccc(/C=C2/C(=O)N(CCOC(C)=O)C(=O)C(C#N)=C2C)cc1OC. The third kappa shape index (κ3) is 6.69. The van der Waals surface area contributed by atoms with E-state index in [1.54, 1.807) is 31.2 Å². The minimum atomic E-state index is -0.700. The first-order chi connectivity index (χ1) is 15.8. The Bertz CT molecular complexity index is 1000. The highest BCUT2D eigenvalue weighted by molar-refractivity contribution is 6.19.